The fourth-order valence-corrected chi connectivity index (χ4v) is 5.87. The number of ketones is 1. The number of nitrogens with one attached hydrogen (secondary N) is 1. The Kier molecular flexibility index (Phi) is 5.20. The van der Waals surface area contributed by atoms with Crippen molar-refractivity contribution in [2.45, 2.75) is 25.8 Å². The Balaban J connectivity index is 1.63. The Morgan fingerprint density at radius 3 is 2.33 bits per heavy atom. The largest absolute Gasteiger partial charge is 0.425 e. The SMILES string of the molecule is CC[C@@]1(C(=O)c2ccccc2)[C@@H]2c3cc(Br)ccc3OC(=O)[C@@]21C(=O)NCc1ccccc1. The van der Waals surface area contributed by atoms with Crippen molar-refractivity contribution < 1.29 is 19.1 Å². The first-order valence-corrected chi connectivity index (χ1v) is 11.7. The zero-order chi connectivity index (χ0) is 23.2. The first kappa shape index (κ1) is 21.6. The van der Waals surface area contributed by atoms with Crippen LogP contribution in [-0.2, 0) is 16.1 Å². The Morgan fingerprint density at radius 1 is 1.00 bits per heavy atom. The zero-order valence-electron chi connectivity index (χ0n) is 18.0. The van der Waals surface area contributed by atoms with Crippen molar-refractivity contribution in [3.8, 4) is 5.75 Å². The molecule has 5 nitrogen and oxygen atoms in total. The summed E-state index contributed by atoms with van der Waals surface area (Å²) < 4.78 is 6.48. The molecule has 0 bridgehead atoms. The van der Waals surface area contributed by atoms with Gasteiger partial charge in [-0.15, -0.1) is 0 Å². The van der Waals surface area contributed by atoms with Gasteiger partial charge in [0.15, 0.2) is 11.2 Å². The molecule has 1 amide bonds. The Hall–Kier alpha value is -3.25. The van der Waals surface area contributed by atoms with Gasteiger partial charge in [0.2, 0.25) is 5.91 Å². The summed E-state index contributed by atoms with van der Waals surface area (Å²) >= 11 is 3.48. The molecule has 166 valence electrons. The maximum absolute atomic E-state index is 14.0. The summed E-state index contributed by atoms with van der Waals surface area (Å²) in [6, 6.07) is 23.7. The number of esters is 1. The minimum atomic E-state index is -1.61. The first-order chi connectivity index (χ1) is 16.0. The van der Waals surface area contributed by atoms with E-state index in [-0.39, 0.29) is 12.3 Å². The molecule has 1 heterocycles. The number of halogens is 1. The van der Waals surface area contributed by atoms with E-state index in [0.717, 1.165) is 10.0 Å². The van der Waals surface area contributed by atoms with E-state index in [1.807, 2.05) is 49.4 Å². The van der Waals surface area contributed by atoms with E-state index in [1.54, 1.807) is 36.4 Å². The monoisotopic (exact) mass is 503 g/mol. The molecule has 0 aromatic heterocycles. The van der Waals surface area contributed by atoms with Crippen LogP contribution in [-0.4, -0.2) is 17.7 Å². The van der Waals surface area contributed by atoms with Gasteiger partial charge in [0.1, 0.15) is 5.75 Å². The quantitative estimate of drug-likeness (QED) is 0.221. The molecular formula is C27H22BrNO4. The van der Waals surface area contributed by atoms with Gasteiger partial charge in [-0.3, -0.25) is 14.4 Å². The van der Waals surface area contributed by atoms with Gasteiger partial charge in [-0.1, -0.05) is 83.5 Å². The standard InChI is InChI=1S/C27H22BrNO4/c1-2-26(23(30)18-11-7-4-8-12-18)22-20-15-19(28)13-14-21(20)33-25(32)27(22,26)24(31)29-16-17-9-5-3-6-10-17/h3-15,22H,2,16H2,1H3,(H,29,31)/t22-,26-,27-/m0/s1. The number of ether oxygens (including phenoxy) is 1. The Labute approximate surface area is 200 Å². The molecule has 6 heteroatoms. The van der Waals surface area contributed by atoms with Crippen LogP contribution >= 0.6 is 15.9 Å². The van der Waals surface area contributed by atoms with E-state index in [9.17, 15) is 14.4 Å². The van der Waals surface area contributed by atoms with Crippen LogP contribution in [0.15, 0.2) is 83.3 Å². The second kappa shape index (κ2) is 7.96. The van der Waals surface area contributed by atoms with E-state index in [4.69, 9.17) is 4.74 Å². The molecule has 5 rings (SSSR count). The molecule has 1 aliphatic carbocycles. The molecular weight excluding hydrogens is 482 g/mol. The fourth-order valence-electron chi connectivity index (χ4n) is 5.50. The summed E-state index contributed by atoms with van der Waals surface area (Å²) in [5.74, 6) is -1.56. The first-order valence-electron chi connectivity index (χ1n) is 10.9. The molecule has 1 N–H and O–H groups in total. The molecule has 1 fully saturated rings. The second-order valence-corrected chi connectivity index (χ2v) is 9.42. The molecule has 1 aliphatic heterocycles. The van der Waals surface area contributed by atoms with Gasteiger partial charge in [0.05, 0.1) is 5.41 Å². The highest BCUT2D eigenvalue weighted by molar-refractivity contribution is 9.10. The van der Waals surface area contributed by atoms with Gasteiger partial charge in [0, 0.05) is 28.1 Å². The number of amides is 1. The average Bonchev–Trinajstić information content (AvgIpc) is 3.50. The van der Waals surface area contributed by atoms with Gasteiger partial charge in [-0.25, -0.2) is 0 Å². The van der Waals surface area contributed by atoms with E-state index < -0.39 is 28.6 Å². The number of hydrogen-bond donors (Lipinski definition) is 1. The fraction of sp³-hybridized carbons (Fsp3) is 0.222. The van der Waals surface area contributed by atoms with Crippen molar-refractivity contribution in [2.24, 2.45) is 10.8 Å². The third-order valence-electron chi connectivity index (χ3n) is 7.01. The molecule has 0 saturated heterocycles. The highest BCUT2D eigenvalue weighted by atomic mass is 79.9. The topological polar surface area (TPSA) is 72.5 Å². The highest BCUT2D eigenvalue weighted by Crippen LogP contribution is 2.80. The van der Waals surface area contributed by atoms with Crippen LogP contribution in [0.3, 0.4) is 0 Å². The molecule has 0 radical (unpaired) electrons. The zero-order valence-corrected chi connectivity index (χ0v) is 19.6. The van der Waals surface area contributed by atoms with E-state index in [2.05, 4.69) is 21.2 Å². The third kappa shape index (κ3) is 3.00. The van der Waals surface area contributed by atoms with Crippen LogP contribution in [0.4, 0.5) is 0 Å². The van der Waals surface area contributed by atoms with Crippen molar-refractivity contribution in [1.82, 2.24) is 5.32 Å². The number of carbonyl (C=O) groups is 3. The number of benzene rings is 3. The number of hydrogen-bond acceptors (Lipinski definition) is 4. The predicted octanol–water partition coefficient (Wildman–Crippen LogP) is 5.05. The van der Waals surface area contributed by atoms with Crippen LogP contribution in [0.1, 0.15) is 40.7 Å². The van der Waals surface area contributed by atoms with Crippen LogP contribution in [0, 0.1) is 10.8 Å². The van der Waals surface area contributed by atoms with E-state index >= 15 is 0 Å². The van der Waals surface area contributed by atoms with Crippen LogP contribution < -0.4 is 10.1 Å². The molecule has 33 heavy (non-hydrogen) atoms. The van der Waals surface area contributed by atoms with E-state index in [1.165, 1.54) is 0 Å². The summed E-state index contributed by atoms with van der Waals surface area (Å²) in [7, 11) is 0. The summed E-state index contributed by atoms with van der Waals surface area (Å²) in [4.78, 5) is 41.2. The highest BCUT2D eigenvalue weighted by Gasteiger charge is 2.89. The average molecular weight is 504 g/mol. The number of Topliss-reactive ketones (excluding diaryl/α,β-unsaturated/α-hetero) is 1. The van der Waals surface area contributed by atoms with Crippen molar-refractivity contribution >= 4 is 33.6 Å². The molecule has 1 saturated carbocycles. The molecule has 3 aromatic carbocycles. The number of carbonyl (C=O) groups excluding carboxylic acids is 3. The van der Waals surface area contributed by atoms with Crippen molar-refractivity contribution in [2.75, 3.05) is 0 Å². The number of fused-ring (bicyclic) bond motifs is 3. The van der Waals surface area contributed by atoms with Gasteiger partial charge < -0.3 is 10.1 Å². The van der Waals surface area contributed by atoms with Crippen molar-refractivity contribution in [1.29, 1.82) is 0 Å². The molecule has 3 aromatic rings. The summed E-state index contributed by atoms with van der Waals surface area (Å²) in [6.07, 6.45) is 0.325. The lowest BCUT2D eigenvalue weighted by Gasteiger charge is -2.24. The lowest BCUT2D eigenvalue weighted by atomic mass is 9.82. The van der Waals surface area contributed by atoms with Crippen LogP contribution in [0.2, 0.25) is 0 Å². The Morgan fingerprint density at radius 2 is 1.67 bits per heavy atom. The molecule has 0 unspecified atom stereocenters. The maximum atomic E-state index is 14.0. The lowest BCUT2D eigenvalue weighted by molar-refractivity contribution is -0.149. The number of rotatable bonds is 6. The minimum Gasteiger partial charge on any atom is -0.425 e. The lowest BCUT2D eigenvalue weighted by Crippen LogP contribution is -2.45. The summed E-state index contributed by atoms with van der Waals surface area (Å²) in [6.45, 7) is 2.11. The van der Waals surface area contributed by atoms with Gasteiger partial charge in [-0.2, -0.15) is 0 Å². The van der Waals surface area contributed by atoms with Gasteiger partial charge in [0.25, 0.3) is 0 Å². The smallest absolute Gasteiger partial charge is 0.328 e. The Bertz CT molecular complexity index is 1260. The van der Waals surface area contributed by atoms with Crippen molar-refractivity contribution in [3.05, 3.63) is 100 Å². The van der Waals surface area contributed by atoms with E-state index in [0.29, 0.717) is 23.3 Å². The van der Waals surface area contributed by atoms with Gasteiger partial charge >= 0.3 is 5.97 Å². The minimum absolute atomic E-state index is 0.213. The van der Waals surface area contributed by atoms with Crippen LogP contribution in [0.25, 0.3) is 0 Å². The maximum Gasteiger partial charge on any atom is 0.328 e. The normalized spacial score (nSPS) is 24.8. The van der Waals surface area contributed by atoms with Crippen molar-refractivity contribution in [3.63, 3.8) is 0 Å². The summed E-state index contributed by atoms with van der Waals surface area (Å²) in [5, 5.41) is 2.92. The molecule has 3 atom stereocenters. The van der Waals surface area contributed by atoms with Gasteiger partial charge in [-0.05, 0) is 30.2 Å². The predicted molar refractivity (Wildman–Crippen MR) is 127 cm³/mol. The second-order valence-electron chi connectivity index (χ2n) is 8.50. The molecule has 0 spiro atoms. The molecule has 2 aliphatic rings. The third-order valence-corrected chi connectivity index (χ3v) is 7.50. The summed E-state index contributed by atoms with van der Waals surface area (Å²) in [5.41, 5.74) is -0.753. The van der Waals surface area contributed by atoms with Crippen LogP contribution in [0.5, 0.6) is 5.75 Å².